The summed E-state index contributed by atoms with van der Waals surface area (Å²) in [6, 6.07) is 10.7. The van der Waals surface area contributed by atoms with Gasteiger partial charge in [-0.3, -0.25) is 4.68 Å². The van der Waals surface area contributed by atoms with Crippen molar-refractivity contribution in [1.82, 2.24) is 24.9 Å². The average molecular weight is 396 g/mol. The van der Waals surface area contributed by atoms with Gasteiger partial charge in [0.05, 0.1) is 12.2 Å². The first-order valence-corrected chi connectivity index (χ1v) is 10.6. The minimum atomic E-state index is 0.0229. The molecule has 0 radical (unpaired) electrons. The van der Waals surface area contributed by atoms with Gasteiger partial charge in [0.1, 0.15) is 0 Å². The van der Waals surface area contributed by atoms with Crippen molar-refractivity contribution in [2.24, 2.45) is 12.5 Å². The van der Waals surface area contributed by atoms with Gasteiger partial charge in [-0.05, 0) is 58.3 Å². The third-order valence-electron chi connectivity index (χ3n) is 6.67. The smallest absolute Gasteiger partial charge is 0.318 e. The molecule has 2 aliphatic rings. The standard InChI is InChI=1S/C23H33N5O/c1-17-5-7-19(8-6-17)14-24-22(29)28(15-20-13-18(2)27(4)25-20)21-9-12-26(3)16-23(21)10-11-23/h5-8,13,21H,9-12,14-16H2,1-4H3,(H,24,29). The van der Waals surface area contributed by atoms with E-state index in [0.29, 0.717) is 13.1 Å². The summed E-state index contributed by atoms with van der Waals surface area (Å²) in [5, 5.41) is 7.80. The molecule has 0 bridgehead atoms. The van der Waals surface area contributed by atoms with Gasteiger partial charge in [-0.25, -0.2) is 4.79 Å². The molecule has 1 aromatic carbocycles. The van der Waals surface area contributed by atoms with Crippen LogP contribution in [0.1, 0.15) is 41.8 Å². The highest BCUT2D eigenvalue weighted by atomic mass is 16.2. The van der Waals surface area contributed by atoms with Crippen molar-refractivity contribution >= 4 is 6.03 Å². The van der Waals surface area contributed by atoms with Crippen molar-refractivity contribution in [3.63, 3.8) is 0 Å². The highest BCUT2D eigenvalue weighted by Crippen LogP contribution is 2.54. The van der Waals surface area contributed by atoms with E-state index in [9.17, 15) is 4.79 Å². The summed E-state index contributed by atoms with van der Waals surface area (Å²) in [5.41, 5.74) is 4.70. The SMILES string of the molecule is Cc1ccc(CNC(=O)N(Cc2cc(C)n(C)n2)C2CCN(C)CC23CC3)cc1. The third kappa shape index (κ3) is 4.32. The van der Waals surface area contributed by atoms with Crippen LogP contribution >= 0.6 is 0 Å². The van der Waals surface area contributed by atoms with Crippen molar-refractivity contribution < 1.29 is 4.79 Å². The van der Waals surface area contributed by atoms with Gasteiger partial charge in [-0.1, -0.05) is 29.8 Å². The van der Waals surface area contributed by atoms with Crippen LogP contribution in [0.3, 0.4) is 0 Å². The fraction of sp³-hybridized carbons (Fsp3) is 0.565. The van der Waals surface area contributed by atoms with E-state index in [1.54, 1.807) is 0 Å². The predicted molar refractivity (Wildman–Crippen MR) is 114 cm³/mol. The maximum atomic E-state index is 13.3. The van der Waals surface area contributed by atoms with Crippen LogP contribution in [0, 0.1) is 19.3 Å². The monoisotopic (exact) mass is 395 g/mol. The molecule has 1 aliphatic heterocycles. The Morgan fingerprint density at radius 2 is 1.97 bits per heavy atom. The molecule has 1 aromatic heterocycles. The summed E-state index contributed by atoms with van der Waals surface area (Å²) in [5.74, 6) is 0. The van der Waals surface area contributed by atoms with Crippen LogP contribution in [0.5, 0.6) is 0 Å². The summed E-state index contributed by atoms with van der Waals surface area (Å²) in [6.07, 6.45) is 3.45. The molecule has 1 unspecified atom stereocenters. The van der Waals surface area contributed by atoms with E-state index in [1.165, 1.54) is 18.4 Å². The van der Waals surface area contributed by atoms with Crippen molar-refractivity contribution in [2.45, 2.75) is 52.2 Å². The van der Waals surface area contributed by atoms with Crippen molar-refractivity contribution in [1.29, 1.82) is 0 Å². The second-order valence-electron chi connectivity index (χ2n) is 9.08. The Morgan fingerprint density at radius 1 is 1.24 bits per heavy atom. The maximum Gasteiger partial charge on any atom is 0.318 e. The molecule has 1 atom stereocenters. The van der Waals surface area contributed by atoms with Gasteiger partial charge < -0.3 is 15.1 Å². The minimum Gasteiger partial charge on any atom is -0.334 e. The molecule has 6 nitrogen and oxygen atoms in total. The van der Waals surface area contributed by atoms with Crippen LogP contribution in [-0.2, 0) is 20.1 Å². The van der Waals surface area contributed by atoms with Gasteiger partial charge in [0.15, 0.2) is 0 Å². The van der Waals surface area contributed by atoms with Gasteiger partial charge in [0, 0.05) is 37.3 Å². The molecule has 156 valence electrons. The van der Waals surface area contributed by atoms with Crippen LogP contribution in [0.15, 0.2) is 30.3 Å². The molecule has 2 amide bonds. The number of likely N-dealkylation sites (tertiary alicyclic amines) is 1. The van der Waals surface area contributed by atoms with Crippen molar-refractivity contribution in [3.8, 4) is 0 Å². The number of hydrogen-bond acceptors (Lipinski definition) is 3. The Balaban J connectivity index is 1.52. The Hall–Kier alpha value is -2.34. The number of aryl methyl sites for hydroxylation is 3. The number of rotatable bonds is 5. The van der Waals surface area contributed by atoms with Gasteiger partial charge in [-0.15, -0.1) is 0 Å². The molecule has 1 N–H and O–H groups in total. The molecule has 1 aliphatic carbocycles. The topological polar surface area (TPSA) is 53.4 Å². The Kier molecular flexibility index (Phi) is 5.38. The number of urea groups is 1. The molecule has 2 heterocycles. The van der Waals surface area contributed by atoms with E-state index in [2.05, 4.69) is 71.4 Å². The highest BCUT2D eigenvalue weighted by molar-refractivity contribution is 5.74. The molecule has 2 aromatic rings. The van der Waals surface area contributed by atoms with Crippen LogP contribution in [0.4, 0.5) is 4.79 Å². The number of amides is 2. The summed E-state index contributed by atoms with van der Waals surface area (Å²) in [4.78, 5) is 17.8. The van der Waals surface area contributed by atoms with E-state index >= 15 is 0 Å². The molecule has 4 rings (SSSR count). The largest absolute Gasteiger partial charge is 0.334 e. The number of hydrogen-bond donors (Lipinski definition) is 1. The highest BCUT2D eigenvalue weighted by Gasteiger charge is 2.54. The lowest BCUT2D eigenvalue weighted by molar-refractivity contribution is 0.0669. The molecule has 1 saturated carbocycles. The lowest BCUT2D eigenvalue weighted by Crippen LogP contribution is -2.55. The lowest BCUT2D eigenvalue weighted by atomic mass is 9.87. The van der Waals surface area contributed by atoms with E-state index < -0.39 is 0 Å². The fourth-order valence-corrected chi connectivity index (χ4v) is 4.70. The Labute approximate surface area is 173 Å². The molecular weight excluding hydrogens is 362 g/mol. The van der Waals surface area contributed by atoms with Gasteiger partial charge >= 0.3 is 6.03 Å². The van der Waals surface area contributed by atoms with Crippen molar-refractivity contribution in [3.05, 3.63) is 52.8 Å². The maximum absolute atomic E-state index is 13.3. The van der Waals surface area contributed by atoms with E-state index in [4.69, 9.17) is 0 Å². The number of aromatic nitrogens is 2. The average Bonchev–Trinajstić information content (AvgIpc) is 3.36. The molecular formula is C23H33N5O. The minimum absolute atomic E-state index is 0.0229. The Morgan fingerprint density at radius 3 is 2.59 bits per heavy atom. The van der Waals surface area contributed by atoms with Crippen LogP contribution in [0.25, 0.3) is 0 Å². The second kappa shape index (κ2) is 7.82. The summed E-state index contributed by atoms with van der Waals surface area (Å²) < 4.78 is 1.89. The Bertz CT molecular complexity index is 848. The summed E-state index contributed by atoms with van der Waals surface area (Å²) in [6.45, 7) is 7.37. The van der Waals surface area contributed by atoms with Crippen LogP contribution in [-0.4, -0.2) is 51.8 Å². The zero-order chi connectivity index (χ0) is 20.6. The van der Waals surface area contributed by atoms with Gasteiger partial charge in [0.25, 0.3) is 0 Å². The normalized spacial score (nSPS) is 20.6. The fourth-order valence-electron chi connectivity index (χ4n) is 4.70. The lowest BCUT2D eigenvalue weighted by Gasteiger charge is -2.43. The first-order chi connectivity index (χ1) is 13.9. The molecule has 29 heavy (non-hydrogen) atoms. The third-order valence-corrected chi connectivity index (χ3v) is 6.67. The molecule has 2 fully saturated rings. The predicted octanol–water partition coefficient (Wildman–Crippen LogP) is 3.23. The van der Waals surface area contributed by atoms with Crippen LogP contribution in [0.2, 0.25) is 0 Å². The van der Waals surface area contributed by atoms with Gasteiger partial charge in [0.2, 0.25) is 0 Å². The summed E-state index contributed by atoms with van der Waals surface area (Å²) in [7, 11) is 4.15. The zero-order valence-corrected chi connectivity index (χ0v) is 18.1. The summed E-state index contributed by atoms with van der Waals surface area (Å²) >= 11 is 0. The van der Waals surface area contributed by atoms with E-state index in [1.807, 2.05) is 11.7 Å². The number of piperidine rings is 1. The second-order valence-corrected chi connectivity index (χ2v) is 9.08. The quantitative estimate of drug-likeness (QED) is 0.846. The number of carbonyl (C=O) groups excluding carboxylic acids is 1. The number of benzene rings is 1. The molecule has 1 spiro atoms. The number of carbonyl (C=O) groups is 1. The number of nitrogens with zero attached hydrogens (tertiary/aromatic N) is 4. The zero-order valence-electron chi connectivity index (χ0n) is 18.1. The van der Waals surface area contributed by atoms with Crippen LogP contribution < -0.4 is 5.32 Å². The van der Waals surface area contributed by atoms with E-state index in [-0.39, 0.29) is 17.5 Å². The first-order valence-electron chi connectivity index (χ1n) is 10.6. The molecule has 1 saturated heterocycles. The van der Waals surface area contributed by atoms with Crippen molar-refractivity contribution in [2.75, 3.05) is 20.1 Å². The molecule has 6 heteroatoms. The first kappa shape index (κ1) is 20.0. The van der Waals surface area contributed by atoms with Gasteiger partial charge in [-0.2, -0.15) is 5.10 Å². The number of nitrogens with one attached hydrogen (secondary N) is 1. The van der Waals surface area contributed by atoms with E-state index in [0.717, 1.165) is 36.5 Å².